The minimum atomic E-state index is -2.85. The molecule has 1 aliphatic carbocycles. The topological polar surface area (TPSA) is 37.3 Å². The molecule has 0 radical (unpaired) electrons. The van der Waals surface area contributed by atoms with Gasteiger partial charge in [0.2, 0.25) is 0 Å². The van der Waals surface area contributed by atoms with E-state index < -0.39 is 30.1 Å². The maximum atomic E-state index is 12.9. The van der Waals surface area contributed by atoms with Crippen LogP contribution in [0.2, 0.25) is 0 Å². The number of benzene rings is 1. The monoisotopic (exact) mass is 226 g/mol. The normalized spacial score (nSPS) is 21.2. The van der Waals surface area contributed by atoms with Gasteiger partial charge in [-0.15, -0.1) is 0 Å². The zero-order chi connectivity index (χ0) is 12.0. The molecule has 16 heavy (non-hydrogen) atoms. The van der Waals surface area contributed by atoms with Crippen LogP contribution in [0.3, 0.4) is 0 Å². The summed E-state index contributed by atoms with van der Waals surface area (Å²) in [4.78, 5) is 11.2. The standard InChI is InChI=1S/C12H12F2O2/c1-8-3-2-4-9(5-8)11(10(15)16)6-12(13,14)7-11/h2-5H,6-7H2,1H3,(H,15,16). The predicted octanol–water partition coefficient (Wildman–Crippen LogP) is 2.75. The van der Waals surface area contributed by atoms with E-state index in [4.69, 9.17) is 5.11 Å². The van der Waals surface area contributed by atoms with Crippen molar-refractivity contribution in [1.82, 2.24) is 0 Å². The Bertz CT molecular complexity index is 432. The van der Waals surface area contributed by atoms with Crippen LogP contribution in [0.4, 0.5) is 8.78 Å². The molecule has 0 atom stereocenters. The van der Waals surface area contributed by atoms with Gasteiger partial charge in [-0.25, -0.2) is 8.78 Å². The summed E-state index contributed by atoms with van der Waals surface area (Å²) in [5, 5.41) is 9.13. The zero-order valence-electron chi connectivity index (χ0n) is 8.84. The number of rotatable bonds is 2. The van der Waals surface area contributed by atoms with Crippen LogP contribution in [0, 0.1) is 6.92 Å². The Morgan fingerprint density at radius 1 is 1.38 bits per heavy atom. The second kappa shape index (κ2) is 3.27. The first-order valence-corrected chi connectivity index (χ1v) is 5.04. The minimum Gasteiger partial charge on any atom is -0.481 e. The second-order valence-corrected chi connectivity index (χ2v) is 4.47. The molecule has 2 rings (SSSR count). The Kier molecular flexibility index (Phi) is 2.26. The fraction of sp³-hybridized carbons (Fsp3) is 0.417. The number of carboxylic acids is 1. The molecule has 1 fully saturated rings. The van der Waals surface area contributed by atoms with E-state index in [-0.39, 0.29) is 0 Å². The number of halogens is 2. The molecule has 1 aromatic rings. The molecule has 0 heterocycles. The van der Waals surface area contributed by atoms with Crippen molar-refractivity contribution in [2.24, 2.45) is 0 Å². The molecule has 0 unspecified atom stereocenters. The Balaban J connectivity index is 2.40. The predicted molar refractivity (Wildman–Crippen MR) is 54.7 cm³/mol. The van der Waals surface area contributed by atoms with Crippen molar-refractivity contribution >= 4 is 5.97 Å². The van der Waals surface area contributed by atoms with Gasteiger partial charge in [0.15, 0.2) is 0 Å². The highest BCUT2D eigenvalue weighted by Gasteiger charge is 2.62. The van der Waals surface area contributed by atoms with Crippen molar-refractivity contribution in [2.45, 2.75) is 31.1 Å². The largest absolute Gasteiger partial charge is 0.481 e. The quantitative estimate of drug-likeness (QED) is 0.841. The summed E-state index contributed by atoms with van der Waals surface area (Å²) in [5.41, 5.74) is -0.0329. The van der Waals surface area contributed by atoms with Crippen molar-refractivity contribution in [2.75, 3.05) is 0 Å². The lowest BCUT2D eigenvalue weighted by atomic mass is 9.62. The highest BCUT2D eigenvalue weighted by molar-refractivity contribution is 5.83. The van der Waals surface area contributed by atoms with E-state index in [0.29, 0.717) is 5.56 Å². The van der Waals surface area contributed by atoms with E-state index in [1.165, 1.54) is 0 Å². The molecule has 1 aliphatic rings. The third kappa shape index (κ3) is 1.58. The molecule has 1 N–H and O–H groups in total. The SMILES string of the molecule is Cc1cccc(C2(C(=O)O)CC(F)(F)C2)c1. The molecule has 2 nitrogen and oxygen atoms in total. The van der Waals surface area contributed by atoms with Crippen LogP contribution in [0.15, 0.2) is 24.3 Å². The van der Waals surface area contributed by atoms with Gasteiger partial charge in [0.1, 0.15) is 5.41 Å². The van der Waals surface area contributed by atoms with Gasteiger partial charge < -0.3 is 5.11 Å². The average molecular weight is 226 g/mol. The number of aryl methyl sites for hydroxylation is 1. The van der Waals surface area contributed by atoms with E-state index >= 15 is 0 Å². The lowest BCUT2D eigenvalue weighted by molar-refractivity contribution is -0.174. The highest BCUT2D eigenvalue weighted by Crippen LogP contribution is 2.53. The van der Waals surface area contributed by atoms with E-state index in [0.717, 1.165) is 5.56 Å². The molecule has 0 aromatic heterocycles. The van der Waals surface area contributed by atoms with Crippen LogP contribution >= 0.6 is 0 Å². The molecule has 0 bridgehead atoms. The molecule has 1 aromatic carbocycles. The lowest BCUT2D eigenvalue weighted by Crippen LogP contribution is -2.54. The van der Waals surface area contributed by atoms with Crippen molar-refractivity contribution in [3.05, 3.63) is 35.4 Å². The first-order chi connectivity index (χ1) is 7.36. The van der Waals surface area contributed by atoms with Gasteiger partial charge in [0.25, 0.3) is 5.92 Å². The van der Waals surface area contributed by atoms with E-state index in [2.05, 4.69) is 0 Å². The molecule has 0 saturated heterocycles. The third-order valence-corrected chi connectivity index (χ3v) is 3.10. The maximum Gasteiger partial charge on any atom is 0.314 e. The maximum absolute atomic E-state index is 12.9. The second-order valence-electron chi connectivity index (χ2n) is 4.47. The number of carboxylic acid groups (broad SMARTS) is 1. The average Bonchev–Trinajstić information content (AvgIpc) is 2.13. The summed E-state index contributed by atoms with van der Waals surface area (Å²) in [7, 11) is 0. The Morgan fingerprint density at radius 2 is 2.00 bits per heavy atom. The van der Waals surface area contributed by atoms with E-state index in [1.54, 1.807) is 18.2 Å². The van der Waals surface area contributed by atoms with Crippen molar-refractivity contribution in [3.8, 4) is 0 Å². The van der Waals surface area contributed by atoms with Crippen LogP contribution < -0.4 is 0 Å². The summed E-state index contributed by atoms with van der Waals surface area (Å²) in [5.74, 6) is -4.01. The lowest BCUT2D eigenvalue weighted by Gasteiger charge is -2.44. The first kappa shape index (κ1) is 11.0. The van der Waals surface area contributed by atoms with Gasteiger partial charge in [0, 0.05) is 12.8 Å². The summed E-state index contributed by atoms with van der Waals surface area (Å²) < 4.78 is 25.8. The van der Waals surface area contributed by atoms with Crippen LogP contribution in [0.25, 0.3) is 0 Å². The molecular weight excluding hydrogens is 214 g/mol. The van der Waals surface area contributed by atoms with Crippen LogP contribution in [0.5, 0.6) is 0 Å². The first-order valence-electron chi connectivity index (χ1n) is 5.04. The molecule has 4 heteroatoms. The molecule has 0 amide bonds. The van der Waals surface area contributed by atoms with Gasteiger partial charge in [-0.1, -0.05) is 29.8 Å². The van der Waals surface area contributed by atoms with E-state index in [9.17, 15) is 13.6 Å². The summed E-state index contributed by atoms with van der Waals surface area (Å²) >= 11 is 0. The summed E-state index contributed by atoms with van der Waals surface area (Å²) in [6.45, 7) is 1.82. The number of carbonyl (C=O) groups is 1. The third-order valence-electron chi connectivity index (χ3n) is 3.10. The summed E-state index contributed by atoms with van der Waals surface area (Å²) in [6, 6.07) is 6.79. The van der Waals surface area contributed by atoms with Gasteiger partial charge >= 0.3 is 5.97 Å². The fourth-order valence-electron chi connectivity index (χ4n) is 2.25. The van der Waals surface area contributed by atoms with Gasteiger partial charge in [-0.2, -0.15) is 0 Å². The van der Waals surface area contributed by atoms with Crippen LogP contribution in [0.1, 0.15) is 24.0 Å². The number of hydrogen-bond acceptors (Lipinski definition) is 1. The van der Waals surface area contributed by atoms with Gasteiger partial charge in [0.05, 0.1) is 0 Å². The fourth-order valence-corrected chi connectivity index (χ4v) is 2.25. The van der Waals surface area contributed by atoms with Crippen molar-refractivity contribution in [1.29, 1.82) is 0 Å². The van der Waals surface area contributed by atoms with Crippen molar-refractivity contribution < 1.29 is 18.7 Å². The number of aliphatic carboxylic acids is 1. The minimum absolute atomic E-state index is 0.478. The highest BCUT2D eigenvalue weighted by atomic mass is 19.3. The molecular formula is C12H12F2O2. The number of alkyl halides is 2. The zero-order valence-corrected chi connectivity index (χ0v) is 8.84. The van der Waals surface area contributed by atoms with E-state index in [1.807, 2.05) is 13.0 Å². The van der Waals surface area contributed by atoms with Crippen LogP contribution in [-0.4, -0.2) is 17.0 Å². The van der Waals surface area contributed by atoms with Crippen LogP contribution in [-0.2, 0) is 10.2 Å². The van der Waals surface area contributed by atoms with Crippen molar-refractivity contribution in [3.63, 3.8) is 0 Å². The molecule has 1 saturated carbocycles. The molecule has 0 spiro atoms. The summed E-state index contributed by atoms with van der Waals surface area (Å²) in [6.07, 6.45) is -1.20. The number of hydrogen-bond donors (Lipinski definition) is 1. The molecule has 86 valence electrons. The Labute approximate surface area is 91.9 Å². The van der Waals surface area contributed by atoms with Gasteiger partial charge in [-0.05, 0) is 12.5 Å². The Morgan fingerprint density at radius 3 is 2.44 bits per heavy atom. The smallest absolute Gasteiger partial charge is 0.314 e. The van der Waals surface area contributed by atoms with Gasteiger partial charge in [-0.3, -0.25) is 4.79 Å². The Hall–Kier alpha value is -1.45. The molecule has 0 aliphatic heterocycles.